The van der Waals surface area contributed by atoms with E-state index in [9.17, 15) is 4.39 Å². The van der Waals surface area contributed by atoms with Crippen molar-refractivity contribution < 1.29 is 13.9 Å². The Labute approximate surface area is 116 Å². The number of rotatable bonds is 4. The van der Waals surface area contributed by atoms with Crippen molar-refractivity contribution in [2.75, 3.05) is 6.79 Å². The van der Waals surface area contributed by atoms with Crippen LogP contribution in [0.1, 0.15) is 24.1 Å². The fourth-order valence-electron chi connectivity index (χ4n) is 2.18. The molecule has 3 rings (SSSR count). The van der Waals surface area contributed by atoms with Gasteiger partial charge in [0.05, 0.1) is 6.20 Å². The van der Waals surface area contributed by atoms with Crippen LogP contribution in [0.3, 0.4) is 0 Å². The highest BCUT2D eigenvalue weighted by Crippen LogP contribution is 2.35. The summed E-state index contributed by atoms with van der Waals surface area (Å²) in [6.07, 6.45) is 2.86. The van der Waals surface area contributed by atoms with E-state index in [1.54, 1.807) is 6.20 Å². The number of benzene rings is 1. The fraction of sp³-hybridized carbons (Fsp3) is 0.267. The lowest BCUT2D eigenvalue weighted by atomic mass is 10.1. The maximum absolute atomic E-state index is 13.1. The van der Waals surface area contributed by atoms with Gasteiger partial charge in [-0.1, -0.05) is 12.1 Å². The van der Waals surface area contributed by atoms with Crippen LogP contribution < -0.4 is 14.8 Å². The Morgan fingerprint density at radius 1 is 1.35 bits per heavy atom. The van der Waals surface area contributed by atoms with Crippen molar-refractivity contribution >= 4 is 0 Å². The summed E-state index contributed by atoms with van der Waals surface area (Å²) in [6.45, 7) is 2.84. The second-order valence-electron chi connectivity index (χ2n) is 4.69. The third-order valence-electron chi connectivity index (χ3n) is 3.30. The minimum Gasteiger partial charge on any atom is -0.454 e. The summed E-state index contributed by atoms with van der Waals surface area (Å²) in [5.74, 6) is 1.22. The van der Waals surface area contributed by atoms with Crippen LogP contribution in [0.25, 0.3) is 0 Å². The summed E-state index contributed by atoms with van der Waals surface area (Å²) in [6, 6.07) is 7.28. The second-order valence-corrected chi connectivity index (χ2v) is 4.69. The first-order valence-corrected chi connectivity index (χ1v) is 6.45. The summed E-state index contributed by atoms with van der Waals surface area (Å²) < 4.78 is 23.9. The molecular formula is C15H15FN2O2. The Balaban J connectivity index is 1.69. The molecule has 0 saturated heterocycles. The lowest BCUT2D eigenvalue weighted by molar-refractivity contribution is 0.173. The van der Waals surface area contributed by atoms with Crippen molar-refractivity contribution in [1.29, 1.82) is 0 Å². The number of nitrogens with zero attached hydrogens (tertiary/aromatic N) is 1. The molecule has 1 atom stereocenters. The number of hydrogen-bond donors (Lipinski definition) is 1. The Bertz CT molecular complexity index is 619. The van der Waals surface area contributed by atoms with Gasteiger partial charge in [0.25, 0.3) is 0 Å². The van der Waals surface area contributed by atoms with Crippen molar-refractivity contribution in [3.63, 3.8) is 0 Å². The maximum Gasteiger partial charge on any atom is 0.231 e. The van der Waals surface area contributed by atoms with Crippen molar-refractivity contribution in [2.45, 2.75) is 19.5 Å². The second kappa shape index (κ2) is 5.46. The predicted molar refractivity (Wildman–Crippen MR) is 72.0 cm³/mol. The molecule has 0 bridgehead atoms. The number of nitrogens with one attached hydrogen (secondary N) is 1. The molecule has 1 aromatic heterocycles. The molecule has 20 heavy (non-hydrogen) atoms. The Hall–Kier alpha value is -2.14. The average Bonchev–Trinajstić information content (AvgIpc) is 2.93. The normalized spacial score (nSPS) is 14.3. The van der Waals surface area contributed by atoms with Gasteiger partial charge in [-0.25, -0.2) is 4.39 Å². The molecule has 2 heterocycles. The molecule has 1 unspecified atom stereocenters. The zero-order valence-electron chi connectivity index (χ0n) is 11.1. The molecule has 0 fully saturated rings. The van der Waals surface area contributed by atoms with Crippen molar-refractivity contribution in [1.82, 2.24) is 10.3 Å². The Morgan fingerprint density at radius 3 is 3.10 bits per heavy atom. The molecule has 4 nitrogen and oxygen atoms in total. The van der Waals surface area contributed by atoms with Crippen LogP contribution in [-0.2, 0) is 6.54 Å². The van der Waals surface area contributed by atoms with E-state index in [1.807, 2.05) is 25.1 Å². The van der Waals surface area contributed by atoms with Crippen LogP contribution in [0.15, 0.2) is 36.7 Å². The van der Waals surface area contributed by atoms with E-state index in [4.69, 9.17) is 9.47 Å². The highest BCUT2D eigenvalue weighted by molar-refractivity contribution is 5.48. The van der Waals surface area contributed by atoms with Gasteiger partial charge in [0.2, 0.25) is 6.79 Å². The molecule has 1 aromatic carbocycles. The van der Waals surface area contributed by atoms with E-state index in [1.165, 1.54) is 12.3 Å². The van der Waals surface area contributed by atoms with Crippen LogP contribution in [0.5, 0.6) is 11.5 Å². The van der Waals surface area contributed by atoms with Crippen LogP contribution in [-0.4, -0.2) is 11.8 Å². The smallest absolute Gasteiger partial charge is 0.231 e. The summed E-state index contributed by atoms with van der Waals surface area (Å²) in [5, 5.41) is 3.33. The predicted octanol–water partition coefficient (Wildman–Crippen LogP) is 2.80. The van der Waals surface area contributed by atoms with Crippen LogP contribution in [0, 0.1) is 5.82 Å². The molecule has 1 aliphatic rings. The van der Waals surface area contributed by atoms with Gasteiger partial charge in [-0.2, -0.15) is 0 Å². The van der Waals surface area contributed by atoms with Crippen molar-refractivity contribution in [3.05, 3.63) is 53.6 Å². The van der Waals surface area contributed by atoms with E-state index in [2.05, 4.69) is 10.3 Å². The van der Waals surface area contributed by atoms with Gasteiger partial charge in [0.15, 0.2) is 11.5 Å². The molecule has 0 radical (unpaired) electrons. The lowest BCUT2D eigenvalue weighted by Gasteiger charge is -2.14. The number of hydrogen-bond acceptors (Lipinski definition) is 4. The number of halogens is 1. The molecule has 0 amide bonds. The first-order chi connectivity index (χ1) is 9.74. The van der Waals surface area contributed by atoms with Crippen LogP contribution in [0.2, 0.25) is 0 Å². The largest absolute Gasteiger partial charge is 0.454 e. The zero-order valence-corrected chi connectivity index (χ0v) is 11.1. The SMILES string of the molecule is CC(NCc1cccc2c1OCO2)c1cncc(F)c1. The van der Waals surface area contributed by atoms with Gasteiger partial charge in [0.1, 0.15) is 5.82 Å². The Morgan fingerprint density at radius 2 is 2.25 bits per heavy atom. The minimum atomic E-state index is -0.325. The lowest BCUT2D eigenvalue weighted by Crippen LogP contribution is -2.18. The summed E-state index contributed by atoms with van der Waals surface area (Å²) in [5.41, 5.74) is 1.84. The molecule has 104 valence electrons. The van der Waals surface area contributed by atoms with Crippen LogP contribution >= 0.6 is 0 Å². The van der Waals surface area contributed by atoms with Gasteiger partial charge >= 0.3 is 0 Å². The first kappa shape index (κ1) is 12.9. The van der Waals surface area contributed by atoms with E-state index < -0.39 is 0 Å². The first-order valence-electron chi connectivity index (χ1n) is 6.45. The van der Waals surface area contributed by atoms with E-state index >= 15 is 0 Å². The van der Waals surface area contributed by atoms with Gasteiger partial charge in [-0.05, 0) is 24.6 Å². The monoisotopic (exact) mass is 274 g/mol. The van der Waals surface area contributed by atoms with Gasteiger partial charge in [0, 0.05) is 24.3 Å². The maximum atomic E-state index is 13.1. The summed E-state index contributed by atoms with van der Waals surface area (Å²) in [7, 11) is 0. The highest BCUT2D eigenvalue weighted by Gasteiger charge is 2.17. The number of aromatic nitrogens is 1. The quantitative estimate of drug-likeness (QED) is 0.931. The molecule has 2 aromatic rings. The van der Waals surface area contributed by atoms with E-state index in [0.717, 1.165) is 22.6 Å². The molecule has 1 aliphatic heterocycles. The molecule has 0 saturated carbocycles. The average molecular weight is 274 g/mol. The van der Waals surface area contributed by atoms with E-state index in [0.29, 0.717) is 6.54 Å². The van der Waals surface area contributed by atoms with Crippen molar-refractivity contribution in [3.8, 4) is 11.5 Å². The summed E-state index contributed by atoms with van der Waals surface area (Å²) in [4.78, 5) is 3.86. The standard InChI is InChI=1S/C15H15FN2O2/c1-10(12-5-13(16)8-17-6-12)18-7-11-3-2-4-14-15(11)20-9-19-14/h2-6,8,10,18H,7,9H2,1H3. The Kier molecular flexibility index (Phi) is 3.52. The third-order valence-corrected chi connectivity index (χ3v) is 3.30. The molecule has 5 heteroatoms. The minimum absolute atomic E-state index is 0.00335. The highest BCUT2D eigenvalue weighted by atomic mass is 19.1. The van der Waals surface area contributed by atoms with Crippen LogP contribution in [0.4, 0.5) is 4.39 Å². The number of para-hydroxylation sites is 1. The molecule has 0 spiro atoms. The third kappa shape index (κ3) is 2.58. The van der Waals surface area contributed by atoms with Gasteiger partial charge < -0.3 is 14.8 Å². The van der Waals surface area contributed by atoms with Crippen molar-refractivity contribution in [2.24, 2.45) is 0 Å². The van der Waals surface area contributed by atoms with Gasteiger partial charge in [-0.15, -0.1) is 0 Å². The zero-order chi connectivity index (χ0) is 13.9. The fourth-order valence-corrected chi connectivity index (χ4v) is 2.18. The number of fused-ring (bicyclic) bond motifs is 1. The topological polar surface area (TPSA) is 43.4 Å². The summed E-state index contributed by atoms with van der Waals surface area (Å²) >= 11 is 0. The molecular weight excluding hydrogens is 259 g/mol. The molecule has 1 N–H and O–H groups in total. The number of pyridine rings is 1. The molecule has 0 aliphatic carbocycles. The van der Waals surface area contributed by atoms with E-state index in [-0.39, 0.29) is 18.7 Å². The van der Waals surface area contributed by atoms with Gasteiger partial charge in [-0.3, -0.25) is 4.98 Å². The number of ether oxygens (including phenoxy) is 2.